The number of thioether (sulfide) groups is 1. The predicted octanol–water partition coefficient (Wildman–Crippen LogP) is 4.94. The van der Waals surface area contributed by atoms with E-state index in [4.69, 9.17) is 4.42 Å². The molecule has 2 aromatic heterocycles. The summed E-state index contributed by atoms with van der Waals surface area (Å²) in [6.45, 7) is 5.67. The van der Waals surface area contributed by atoms with Crippen LogP contribution in [0.2, 0.25) is 0 Å². The smallest absolute Gasteiger partial charge is 0.277 e. The normalized spacial score (nSPS) is 12.6. The van der Waals surface area contributed by atoms with Crippen molar-refractivity contribution in [2.24, 2.45) is 0 Å². The lowest BCUT2D eigenvalue weighted by atomic mass is 10.1. The molecule has 0 bridgehead atoms. The Bertz CT molecular complexity index is 847. The van der Waals surface area contributed by atoms with Crippen LogP contribution in [0, 0.1) is 25.5 Å². The van der Waals surface area contributed by atoms with Crippen LogP contribution in [0.1, 0.15) is 28.4 Å². The lowest BCUT2D eigenvalue weighted by Gasteiger charge is -2.08. The second kappa shape index (κ2) is 6.37. The van der Waals surface area contributed by atoms with Gasteiger partial charge in [-0.3, -0.25) is 0 Å². The van der Waals surface area contributed by atoms with E-state index in [1.54, 1.807) is 6.07 Å². The molecule has 3 aromatic rings. The lowest BCUT2D eigenvalue weighted by molar-refractivity contribution is 0.465. The first-order valence-electron chi connectivity index (χ1n) is 6.83. The molecule has 1 atom stereocenters. The fraction of sp³-hybridized carbons (Fsp3) is 0.267. The number of hydrogen-bond acceptors (Lipinski definition) is 6. The first-order chi connectivity index (χ1) is 10.9. The topological polar surface area (TPSA) is 51.8 Å². The molecule has 3 rings (SSSR count). The van der Waals surface area contributed by atoms with Gasteiger partial charge in [0.1, 0.15) is 4.88 Å². The van der Waals surface area contributed by atoms with E-state index in [2.05, 4.69) is 15.2 Å². The molecular formula is C15H13F2N3OS2. The summed E-state index contributed by atoms with van der Waals surface area (Å²) < 4.78 is 32.0. The van der Waals surface area contributed by atoms with Crippen molar-refractivity contribution in [2.75, 3.05) is 0 Å². The van der Waals surface area contributed by atoms with Crippen LogP contribution in [0.15, 0.2) is 27.8 Å². The molecule has 1 unspecified atom stereocenters. The molecule has 0 saturated carbocycles. The van der Waals surface area contributed by atoms with Crippen LogP contribution in [0.3, 0.4) is 0 Å². The minimum Gasteiger partial charge on any atom is -0.410 e. The Morgan fingerprint density at radius 1 is 1.17 bits per heavy atom. The zero-order valence-electron chi connectivity index (χ0n) is 12.6. The van der Waals surface area contributed by atoms with Crippen LogP contribution in [-0.2, 0) is 0 Å². The highest BCUT2D eigenvalue weighted by Gasteiger charge is 2.18. The molecule has 0 aliphatic heterocycles. The summed E-state index contributed by atoms with van der Waals surface area (Å²) in [6.07, 6.45) is 0. The number of hydrogen-bond donors (Lipinski definition) is 0. The Morgan fingerprint density at radius 2 is 1.96 bits per heavy atom. The van der Waals surface area contributed by atoms with E-state index in [0.29, 0.717) is 16.7 Å². The maximum Gasteiger partial charge on any atom is 0.277 e. The highest BCUT2D eigenvalue weighted by molar-refractivity contribution is 7.99. The van der Waals surface area contributed by atoms with Crippen LogP contribution in [-0.4, -0.2) is 15.2 Å². The molecule has 0 saturated heterocycles. The van der Waals surface area contributed by atoms with E-state index in [0.717, 1.165) is 21.6 Å². The summed E-state index contributed by atoms with van der Waals surface area (Å²) >= 11 is 2.79. The Hall–Kier alpha value is -1.80. The van der Waals surface area contributed by atoms with Gasteiger partial charge in [0.15, 0.2) is 11.6 Å². The van der Waals surface area contributed by atoms with E-state index in [1.807, 2.05) is 20.8 Å². The van der Waals surface area contributed by atoms with Crippen molar-refractivity contribution in [1.82, 2.24) is 15.2 Å². The van der Waals surface area contributed by atoms with Crippen LogP contribution < -0.4 is 0 Å². The van der Waals surface area contributed by atoms with Gasteiger partial charge in [-0.1, -0.05) is 17.8 Å². The Labute approximate surface area is 140 Å². The number of benzene rings is 1. The first kappa shape index (κ1) is 16.1. The van der Waals surface area contributed by atoms with E-state index in [9.17, 15) is 8.78 Å². The molecule has 0 amide bonds. The second-order valence-corrected chi connectivity index (χ2v) is 7.45. The summed E-state index contributed by atoms with van der Waals surface area (Å²) in [5.74, 6) is -1.30. The average molecular weight is 353 g/mol. The zero-order chi connectivity index (χ0) is 16.6. The molecule has 23 heavy (non-hydrogen) atoms. The van der Waals surface area contributed by atoms with Crippen LogP contribution >= 0.6 is 23.1 Å². The van der Waals surface area contributed by atoms with Gasteiger partial charge in [-0.25, -0.2) is 13.8 Å². The highest BCUT2D eigenvalue weighted by Crippen LogP contribution is 2.37. The largest absolute Gasteiger partial charge is 0.410 e. The van der Waals surface area contributed by atoms with Crippen LogP contribution in [0.25, 0.3) is 10.8 Å². The molecule has 0 fully saturated rings. The number of nitrogens with zero attached hydrogens (tertiary/aromatic N) is 3. The number of halogens is 2. The first-order valence-corrected chi connectivity index (χ1v) is 8.53. The third kappa shape index (κ3) is 3.42. The predicted molar refractivity (Wildman–Crippen MR) is 85.5 cm³/mol. The van der Waals surface area contributed by atoms with Crippen molar-refractivity contribution in [3.63, 3.8) is 0 Å². The fourth-order valence-electron chi connectivity index (χ4n) is 2.06. The molecule has 0 N–H and O–H groups in total. The van der Waals surface area contributed by atoms with Crippen molar-refractivity contribution in [1.29, 1.82) is 0 Å². The van der Waals surface area contributed by atoms with Crippen molar-refractivity contribution in [3.8, 4) is 10.8 Å². The molecular weight excluding hydrogens is 340 g/mol. The Balaban J connectivity index is 1.78. The quantitative estimate of drug-likeness (QED) is 0.622. The van der Waals surface area contributed by atoms with E-state index < -0.39 is 11.6 Å². The number of aromatic nitrogens is 3. The minimum atomic E-state index is -0.864. The van der Waals surface area contributed by atoms with Crippen molar-refractivity contribution in [3.05, 3.63) is 46.1 Å². The molecule has 120 valence electrons. The Kier molecular flexibility index (Phi) is 4.45. The number of aryl methyl sites for hydroxylation is 2. The summed E-state index contributed by atoms with van der Waals surface area (Å²) in [5, 5.41) is 9.20. The lowest BCUT2D eigenvalue weighted by Crippen LogP contribution is -1.92. The third-order valence-electron chi connectivity index (χ3n) is 3.19. The van der Waals surface area contributed by atoms with Crippen molar-refractivity contribution in [2.45, 2.75) is 31.2 Å². The molecule has 1 aromatic carbocycles. The van der Waals surface area contributed by atoms with Gasteiger partial charge in [-0.2, -0.15) is 0 Å². The molecule has 0 aliphatic rings. The SMILES string of the molecule is Cc1nc(C)c(-c2nnc(SC(C)c3ccc(F)c(F)c3)o2)s1. The zero-order valence-corrected chi connectivity index (χ0v) is 14.3. The van der Waals surface area contributed by atoms with Gasteiger partial charge in [0.2, 0.25) is 0 Å². The van der Waals surface area contributed by atoms with Gasteiger partial charge in [0.25, 0.3) is 11.1 Å². The summed E-state index contributed by atoms with van der Waals surface area (Å²) in [6, 6.07) is 3.84. The Morgan fingerprint density at radius 3 is 2.61 bits per heavy atom. The van der Waals surface area contributed by atoms with Gasteiger partial charge in [-0.05, 0) is 38.5 Å². The molecule has 2 heterocycles. The van der Waals surface area contributed by atoms with Crippen molar-refractivity contribution < 1.29 is 13.2 Å². The van der Waals surface area contributed by atoms with Crippen LogP contribution in [0.5, 0.6) is 0 Å². The van der Waals surface area contributed by atoms with Gasteiger partial charge in [0, 0.05) is 5.25 Å². The number of rotatable bonds is 4. The van der Waals surface area contributed by atoms with E-state index >= 15 is 0 Å². The summed E-state index contributed by atoms with van der Waals surface area (Å²) in [4.78, 5) is 5.18. The summed E-state index contributed by atoms with van der Waals surface area (Å²) in [5.41, 5.74) is 1.50. The average Bonchev–Trinajstić information content (AvgIpc) is 3.08. The van der Waals surface area contributed by atoms with Gasteiger partial charge in [0.05, 0.1) is 10.7 Å². The van der Waals surface area contributed by atoms with E-state index in [1.165, 1.54) is 29.2 Å². The van der Waals surface area contributed by atoms with Gasteiger partial charge < -0.3 is 4.42 Å². The van der Waals surface area contributed by atoms with Gasteiger partial charge >= 0.3 is 0 Å². The molecule has 4 nitrogen and oxygen atoms in total. The highest BCUT2D eigenvalue weighted by atomic mass is 32.2. The summed E-state index contributed by atoms with van der Waals surface area (Å²) in [7, 11) is 0. The minimum absolute atomic E-state index is 0.150. The fourth-order valence-corrected chi connectivity index (χ4v) is 3.70. The van der Waals surface area contributed by atoms with Crippen LogP contribution in [0.4, 0.5) is 8.78 Å². The monoisotopic (exact) mass is 353 g/mol. The third-order valence-corrected chi connectivity index (χ3v) is 5.25. The maximum absolute atomic E-state index is 13.3. The number of thiazole rings is 1. The second-order valence-electron chi connectivity index (χ2n) is 4.95. The van der Waals surface area contributed by atoms with Crippen molar-refractivity contribution >= 4 is 23.1 Å². The standard InChI is InChI=1S/C15H13F2N3OS2/c1-7-13(23-9(3)18-7)14-19-20-15(21-14)22-8(2)10-4-5-11(16)12(17)6-10/h4-6,8H,1-3H3. The van der Waals surface area contributed by atoms with Gasteiger partial charge in [-0.15, -0.1) is 21.5 Å². The maximum atomic E-state index is 13.3. The molecule has 0 spiro atoms. The van der Waals surface area contributed by atoms with E-state index in [-0.39, 0.29) is 5.25 Å². The molecule has 0 aliphatic carbocycles. The molecule has 0 radical (unpaired) electrons. The molecule has 8 heteroatoms.